The Morgan fingerprint density at radius 1 is 1.11 bits per heavy atom. The molecule has 0 aliphatic rings. The Morgan fingerprint density at radius 2 is 1.67 bits per heavy atom. The van der Waals surface area contributed by atoms with E-state index in [-0.39, 0.29) is 29.8 Å². The van der Waals surface area contributed by atoms with Crippen LogP contribution in [0.1, 0.15) is 47.5 Å². The average molecular weight is 258 g/mol. The zero-order valence-corrected chi connectivity index (χ0v) is 12.0. The molecule has 5 heteroatoms. The fraction of sp³-hybridized carbons (Fsp3) is 0.846. The minimum atomic E-state index is -0.664. The molecule has 0 bridgehead atoms. The molecule has 3 unspecified atom stereocenters. The van der Waals surface area contributed by atoms with E-state index in [1.165, 1.54) is 0 Å². The lowest BCUT2D eigenvalue weighted by atomic mass is 10.0. The van der Waals surface area contributed by atoms with E-state index in [4.69, 9.17) is 0 Å². The molecular formula is C13H26N2O3. The van der Waals surface area contributed by atoms with Gasteiger partial charge in [-0.15, -0.1) is 0 Å². The van der Waals surface area contributed by atoms with Gasteiger partial charge in [-0.2, -0.15) is 0 Å². The van der Waals surface area contributed by atoms with Crippen LogP contribution in [0.4, 0.5) is 0 Å². The van der Waals surface area contributed by atoms with Crippen molar-refractivity contribution in [3.63, 3.8) is 0 Å². The maximum Gasteiger partial charge on any atom is 0.222 e. The molecular weight excluding hydrogens is 232 g/mol. The normalized spacial score (nSPS) is 15.9. The van der Waals surface area contributed by atoms with Crippen LogP contribution >= 0.6 is 0 Å². The van der Waals surface area contributed by atoms with Crippen LogP contribution in [0.5, 0.6) is 0 Å². The highest BCUT2D eigenvalue weighted by Gasteiger charge is 2.20. The second-order valence-electron chi connectivity index (χ2n) is 5.08. The first kappa shape index (κ1) is 16.9. The van der Waals surface area contributed by atoms with E-state index >= 15 is 0 Å². The highest BCUT2D eigenvalue weighted by molar-refractivity contribution is 5.78. The third-order valence-electron chi connectivity index (χ3n) is 2.80. The molecule has 0 aromatic heterocycles. The van der Waals surface area contributed by atoms with Crippen LogP contribution in [-0.2, 0) is 9.59 Å². The van der Waals surface area contributed by atoms with Crippen molar-refractivity contribution >= 4 is 11.8 Å². The van der Waals surface area contributed by atoms with Gasteiger partial charge in [-0.25, -0.2) is 0 Å². The van der Waals surface area contributed by atoms with Crippen LogP contribution in [0.2, 0.25) is 0 Å². The summed E-state index contributed by atoms with van der Waals surface area (Å²) in [5, 5.41) is 15.4. The Bertz CT molecular complexity index is 279. The Balaban J connectivity index is 4.10. The summed E-state index contributed by atoms with van der Waals surface area (Å²) in [4.78, 5) is 22.7. The van der Waals surface area contributed by atoms with Crippen molar-refractivity contribution in [2.24, 2.45) is 5.92 Å². The number of nitrogens with one attached hydrogen (secondary N) is 2. The van der Waals surface area contributed by atoms with E-state index < -0.39 is 6.10 Å². The number of amides is 2. The van der Waals surface area contributed by atoms with Gasteiger partial charge in [0.25, 0.3) is 0 Å². The lowest BCUT2D eigenvalue weighted by molar-refractivity contribution is -0.125. The maximum atomic E-state index is 11.5. The standard InChI is InChI=1S/C13H26N2O3/c1-6-12(17)15-10(5)11(16)7-9(4)14-13(18)8(2)3/h8-11,16H,6-7H2,1-5H3,(H,14,18)(H,15,17). The van der Waals surface area contributed by atoms with E-state index in [1.807, 2.05) is 20.8 Å². The van der Waals surface area contributed by atoms with Gasteiger partial charge < -0.3 is 15.7 Å². The topological polar surface area (TPSA) is 78.4 Å². The fourth-order valence-corrected chi connectivity index (χ4v) is 1.49. The molecule has 0 saturated heterocycles. The first-order valence-corrected chi connectivity index (χ1v) is 6.55. The molecule has 0 aliphatic heterocycles. The molecule has 0 rings (SSSR count). The molecule has 0 heterocycles. The van der Waals surface area contributed by atoms with Gasteiger partial charge in [0, 0.05) is 18.4 Å². The lowest BCUT2D eigenvalue weighted by Crippen LogP contribution is -2.45. The minimum absolute atomic E-state index is 0.0278. The third kappa shape index (κ3) is 6.59. The SMILES string of the molecule is CCC(=O)NC(C)C(O)CC(C)NC(=O)C(C)C. The second kappa shape index (κ2) is 8.08. The van der Waals surface area contributed by atoms with Crippen LogP contribution < -0.4 is 10.6 Å². The Hall–Kier alpha value is -1.10. The van der Waals surface area contributed by atoms with E-state index in [0.717, 1.165) is 0 Å². The number of hydrogen-bond donors (Lipinski definition) is 3. The minimum Gasteiger partial charge on any atom is -0.391 e. The van der Waals surface area contributed by atoms with Crippen molar-refractivity contribution in [1.29, 1.82) is 0 Å². The van der Waals surface area contributed by atoms with Crippen LogP contribution in [0.3, 0.4) is 0 Å². The smallest absolute Gasteiger partial charge is 0.222 e. The van der Waals surface area contributed by atoms with Gasteiger partial charge in [-0.05, 0) is 20.3 Å². The quantitative estimate of drug-likeness (QED) is 0.632. The zero-order chi connectivity index (χ0) is 14.3. The van der Waals surface area contributed by atoms with Gasteiger partial charge in [0.1, 0.15) is 0 Å². The summed E-state index contributed by atoms with van der Waals surface area (Å²) in [5.41, 5.74) is 0. The van der Waals surface area contributed by atoms with Gasteiger partial charge in [0.2, 0.25) is 11.8 Å². The molecule has 3 N–H and O–H groups in total. The Labute approximate surface area is 109 Å². The number of aliphatic hydroxyl groups excluding tert-OH is 1. The molecule has 0 aromatic carbocycles. The van der Waals surface area contributed by atoms with Crippen molar-refractivity contribution in [2.75, 3.05) is 0 Å². The fourth-order valence-electron chi connectivity index (χ4n) is 1.49. The predicted molar refractivity (Wildman–Crippen MR) is 71.0 cm³/mol. The molecule has 0 spiro atoms. The summed E-state index contributed by atoms with van der Waals surface area (Å²) in [6.07, 6.45) is 0.156. The molecule has 106 valence electrons. The average Bonchev–Trinajstić information content (AvgIpc) is 2.27. The number of carbonyl (C=O) groups excluding carboxylic acids is 2. The summed E-state index contributed by atoms with van der Waals surface area (Å²) in [7, 11) is 0. The van der Waals surface area contributed by atoms with Gasteiger partial charge in [0.05, 0.1) is 12.1 Å². The zero-order valence-electron chi connectivity index (χ0n) is 12.0. The monoisotopic (exact) mass is 258 g/mol. The molecule has 5 nitrogen and oxygen atoms in total. The predicted octanol–water partition coefficient (Wildman–Crippen LogP) is 0.813. The van der Waals surface area contributed by atoms with Crippen molar-refractivity contribution in [3.8, 4) is 0 Å². The summed E-state index contributed by atoms with van der Waals surface area (Å²) in [6.45, 7) is 9.01. The molecule has 0 radical (unpaired) electrons. The Morgan fingerprint density at radius 3 is 2.11 bits per heavy atom. The molecule has 0 aliphatic carbocycles. The van der Waals surface area contributed by atoms with Gasteiger partial charge in [0.15, 0.2) is 0 Å². The van der Waals surface area contributed by atoms with Crippen LogP contribution in [0.15, 0.2) is 0 Å². The number of aliphatic hydroxyl groups is 1. The summed E-state index contributed by atoms with van der Waals surface area (Å²) in [6, 6.07) is -0.424. The molecule has 0 aromatic rings. The van der Waals surface area contributed by atoms with Crippen molar-refractivity contribution in [2.45, 2.75) is 65.6 Å². The largest absolute Gasteiger partial charge is 0.391 e. The van der Waals surface area contributed by atoms with Gasteiger partial charge >= 0.3 is 0 Å². The van der Waals surface area contributed by atoms with Crippen LogP contribution in [0, 0.1) is 5.92 Å². The lowest BCUT2D eigenvalue weighted by Gasteiger charge is -2.24. The molecule has 0 fully saturated rings. The van der Waals surface area contributed by atoms with Gasteiger partial charge in [-0.3, -0.25) is 9.59 Å². The molecule has 0 saturated carbocycles. The number of rotatable bonds is 7. The second-order valence-corrected chi connectivity index (χ2v) is 5.08. The van der Waals surface area contributed by atoms with E-state index in [0.29, 0.717) is 12.8 Å². The molecule has 2 amide bonds. The molecule has 3 atom stereocenters. The number of hydrogen-bond acceptors (Lipinski definition) is 3. The van der Waals surface area contributed by atoms with Crippen molar-refractivity contribution in [3.05, 3.63) is 0 Å². The van der Waals surface area contributed by atoms with Crippen molar-refractivity contribution in [1.82, 2.24) is 10.6 Å². The van der Waals surface area contributed by atoms with Crippen LogP contribution in [-0.4, -0.2) is 35.1 Å². The third-order valence-corrected chi connectivity index (χ3v) is 2.80. The maximum absolute atomic E-state index is 11.5. The van der Waals surface area contributed by atoms with Gasteiger partial charge in [-0.1, -0.05) is 20.8 Å². The van der Waals surface area contributed by atoms with E-state index in [9.17, 15) is 14.7 Å². The van der Waals surface area contributed by atoms with Crippen LogP contribution in [0.25, 0.3) is 0 Å². The highest BCUT2D eigenvalue weighted by Crippen LogP contribution is 2.04. The summed E-state index contributed by atoms with van der Waals surface area (Å²) >= 11 is 0. The first-order chi connectivity index (χ1) is 8.27. The summed E-state index contributed by atoms with van der Waals surface area (Å²) in [5.74, 6) is -0.179. The number of carbonyl (C=O) groups is 2. The summed E-state index contributed by atoms with van der Waals surface area (Å²) < 4.78 is 0. The highest BCUT2D eigenvalue weighted by atomic mass is 16.3. The van der Waals surface area contributed by atoms with E-state index in [2.05, 4.69) is 10.6 Å². The Kier molecular flexibility index (Phi) is 7.59. The van der Waals surface area contributed by atoms with Crippen molar-refractivity contribution < 1.29 is 14.7 Å². The molecule has 18 heavy (non-hydrogen) atoms. The van der Waals surface area contributed by atoms with E-state index in [1.54, 1.807) is 13.8 Å². The first-order valence-electron chi connectivity index (χ1n) is 6.55.